The summed E-state index contributed by atoms with van der Waals surface area (Å²) in [5.41, 5.74) is 1.68. The van der Waals surface area contributed by atoms with Crippen LogP contribution in [0.3, 0.4) is 0 Å². The van der Waals surface area contributed by atoms with E-state index in [1.54, 1.807) is 13.2 Å². The molecule has 1 amide bonds. The van der Waals surface area contributed by atoms with E-state index in [0.717, 1.165) is 17.0 Å². The van der Waals surface area contributed by atoms with Crippen molar-refractivity contribution in [1.82, 2.24) is 15.3 Å². The summed E-state index contributed by atoms with van der Waals surface area (Å²) in [5.74, 6) is 1.52. The van der Waals surface area contributed by atoms with Gasteiger partial charge in [-0.1, -0.05) is 28.1 Å². The average molecular weight is 437 g/mol. The molecule has 1 aliphatic heterocycles. The highest BCUT2D eigenvalue weighted by molar-refractivity contribution is 9.08. The second kappa shape index (κ2) is 9.52. The number of anilines is 1. The molecule has 1 aromatic heterocycles. The van der Waals surface area contributed by atoms with Crippen LogP contribution in [0, 0.1) is 0 Å². The third kappa shape index (κ3) is 5.54. The maximum atomic E-state index is 12.1. The summed E-state index contributed by atoms with van der Waals surface area (Å²) in [4.78, 5) is 23.0. The Morgan fingerprint density at radius 2 is 2.00 bits per heavy atom. The van der Waals surface area contributed by atoms with Gasteiger partial charge in [0.1, 0.15) is 5.75 Å². The number of hydrogen-bond donors (Lipinski definition) is 1. The maximum Gasteiger partial charge on any atom is 0.414 e. The first-order chi connectivity index (χ1) is 13.2. The number of halogens is 1. The number of benzene rings is 1. The number of hydrogen-bond acceptors (Lipinski definition) is 7. The zero-order valence-electron chi connectivity index (χ0n) is 15.0. The summed E-state index contributed by atoms with van der Waals surface area (Å²) in [5, 5.41) is 3.25. The highest BCUT2D eigenvalue weighted by atomic mass is 79.9. The largest absolute Gasteiger partial charge is 0.497 e. The molecule has 9 heteroatoms. The molecule has 3 rings (SSSR count). The van der Waals surface area contributed by atoms with Gasteiger partial charge in [0, 0.05) is 31.0 Å². The van der Waals surface area contributed by atoms with E-state index in [1.807, 2.05) is 29.2 Å². The minimum Gasteiger partial charge on any atom is -0.497 e. The van der Waals surface area contributed by atoms with E-state index in [2.05, 4.69) is 31.2 Å². The number of ether oxygens (including phenoxy) is 3. The van der Waals surface area contributed by atoms with Gasteiger partial charge < -0.3 is 24.4 Å². The topological polar surface area (TPSA) is 85.8 Å². The van der Waals surface area contributed by atoms with Gasteiger partial charge in [-0.05, 0) is 17.7 Å². The predicted molar refractivity (Wildman–Crippen MR) is 104 cm³/mol. The Hall–Kier alpha value is -2.39. The number of carbonyl (C=O) groups excluding carboxylic acids is 1. The third-order valence-corrected chi connectivity index (χ3v) is 4.54. The molecule has 1 saturated heterocycles. The average Bonchev–Trinajstić information content (AvgIpc) is 2.73. The Balaban J connectivity index is 1.61. The predicted octanol–water partition coefficient (Wildman–Crippen LogP) is 2.51. The molecule has 2 heterocycles. The SMILES string of the molecule is COc1ccc(CNC(=O)Oc2cc(CBr)nc(N3CCOCC3)n2)cc1. The van der Waals surface area contributed by atoms with Crippen LogP contribution < -0.4 is 19.7 Å². The van der Waals surface area contributed by atoms with Gasteiger partial charge in [-0.25, -0.2) is 9.78 Å². The Morgan fingerprint density at radius 3 is 2.67 bits per heavy atom. The van der Waals surface area contributed by atoms with Gasteiger partial charge in [-0.15, -0.1) is 0 Å². The van der Waals surface area contributed by atoms with Gasteiger partial charge in [0.25, 0.3) is 0 Å². The number of morpholine rings is 1. The molecule has 0 bridgehead atoms. The van der Waals surface area contributed by atoms with E-state index in [-0.39, 0.29) is 5.88 Å². The van der Waals surface area contributed by atoms with Crippen molar-refractivity contribution in [2.45, 2.75) is 11.9 Å². The van der Waals surface area contributed by atoms with Crippen molar-refractivity contribution in [3.05, 3.63) is 41.6 Å². The highest BCUT2D eigenvalue weighted by Gasteiger charge is 2.17. The van der Waals surface area contributed by atoms with E-state index in [9.17, 15) is 4.79 Å². The van der Waals surface area contributed by atoms with Crippen LogP contribution in [0.25, 0.3) is 0 Å². The molecule has 1 aromatic carbocycles. The molecule has 1 aliphatic rings. The van der Waals surface area contributed by atoms with Crippen molar-refractivity contribution in [1.29, 1.82) is 0 Å². The first kappa shape index (κ1) is 19.4. The summed E-state index contributed by atoms with van der Waals surface area (Å²) < 4.78 is 15.8. The number of aromatic nitrogens is 2. The van der Waals surface area contributed by atoms with Gasteiger partial charge in [0.05, 0.1) is 26.0 Å². The van der Waals surface area contributed by atoms with E-state index in [1.165, 1.54) is 0 Å². The van der Waals surface area contributed by atoms with Crippen LogP contribution in [0.5, 0.6) is 11.6 Å². The Bertz CT molecular complexity index is 766. The van der Waals surface area contributed by atoms with Crippen molar-refractivity contribution in [2.75, 3.05) is 38.3 Å². The second-order valence-electron chi connectivity index (χ2n) is 5.82. The van der Waals surface area contributed by atoms with Crippen LogP contribution in [-0.2, 0) is 16.6 Å². The van der Waals surface area contributed by atoms with Crippen LogP contribution in [-0.4, -0.2) is 49.5 Å². The fourth-order valence-electron chi connectivity index (χ4n) is 2.53. The van der Waals surface area contributed by atoms with Crippen LogP contribution >= 0.6 is 15.9 Å². The van der Waals surface area contributed by atoms with Crippen LogP contribution in [0.2, 0.25) is 0 Å². The molecule has 0 spiro atoms. The van der Waals surface area contributed by atoms with Gasteiger partial charge in [-0.2, -0.15) is 4.98 Å². The second-order valence-corrected chi connectivity index (χ2v) is 6.38. The lowest BCUT2D eigenvalue weighted by Crippen LogP contribution is -2.37. The van der Waals surface area contributed by atoms with E-state index in [0.29, 0.717) is 44.1 Å². The van der Waals surface area contributed by atoms with Crippen molar-refractivity contribution < 1.29 is 19.0 Å². The summed E-state index contributed by atoms with van der Waals surface area (Å²) in [6.45, 7) is 3.00. The molecule has 1 N–H and O–H groups in total. The molecular formula is C18H21BrN4O4. The monoisotopic (exact) mass is 436 g/mol. The number of nitrogens with zero attached hydrogens (tertiary/aromatic N) is 3. The molecule has 8 nitrogen and oxygen atoms in total. The first-order valence-corrected chi connectivity index (χ1v) is 9.65. The van der Waals surface area contributed by atoms with Gasteiger partial charge in [0.15, 0.2) is 0 Å². The van der Waals surface area contributed by atoms with Gasteiger partial charge in [-0.3, -0.25) is 0 Å². The Labute approximate surface area is 166 Å². The van der Waals surface area contributed by atoms with E-state index < -0.39 is 6.09 Å². The number of amides is 1. The third-order valence-electron chi connectivity index (χ3n) is 3.97. The summed E-state index contributed by atoms with van der Waals surface area (Å²) >= 11 is 3.39. The lowest BCUT2D eigenvalue weighted by atomic mass is 10.2. The van der Waals surface area contributed by atoms with Crippen molar-refractivity contribution in [2.24, 2.45) is 0 Å². The molecule has 1 fully saturated rings. The number of carbonyl (C=O) groups is 1. The van der Waals surface area contributed by atoms with Crippen LogP contribution in [0.15, 0.2) is 30.3 Å². The van der Waals surface area contributed by atoms with Gasteiger partial charge in [0.2, 0.25) is 11.8 Å². The Kier molecular flexibility index (Phi) is 6.83. The van der Waals surface area contributed by atoms with E-state index >= 15 is 0 Å². The summed E-state index contributed by atoms with van der Waals surface area (Å²) in [6, 6.07) is 9.07. The smallest absolute Gasteiger partial charge is 0.414 e. The fraction of sp³-hybridized carbons (Fsp3) is 0.389. The summed E-state index contributed by atoms with van der Waals surface area (Å²) in [6.07, 6.45) is -0.571. The number of nitrogens with one attached hydrogen (secondary N) is 1. The van der Waals surface area contributed by atoms with Crippen molar-refractivity contribution in [3.63, 3.8) is 0 Å². The molecule has 2 aromatic rings. The molecule has 0 saturated carbocycles. The molecule has 144 valence electrons. The quantitative estimate of drug-likeness (QED) is 0.696. The van der Waals surface area contributed by atoms with E-state index in [4.69, 9.17) is 14.2 Å². The van der Waals surface area contributed by atoms with Crippen molar-refractivity contribution >= 4 is 28.0 Å². The summed E-state index contributed by atoms with van der Waals surface area (Å²) in [7, 11) is 1.61. The molecule has 0 aliphatic carbocycles. The minimum absolute atomic E-state index is 0.216. The molecular weight excluding hydrogens is 416 g/mol. The zero-order valence-corrected chi connectivity index (χ0v) is 16.6. The minimum atomic E-state index is -0.571. The fourth-order valence-corrected chi connectivity index (χ4v) is 2.82. The molecule has 0 radical (unpaired) electrons. The maximum absolute atomic E-state index is 12.1. The molecule has 27 heavy (non-hydrogen) atoms. The first-order valence-electron chi connectivity index (χ1n) is 8.53. The normalized spacial score (nSPS) is 13.9. The number of rotatable bonds is 6. The lowest BCUT2D eigenvalue weighted by Gasteiger charge is -2.27. The lowest BCUT2D eigenvalue weighted by molar-refractivity contribution is 0.122. The highest BCUT2D eigenvalue weighted by Crippen LogP contribution is 2.19. The van der Waals surface area contributed by atoms with Crippen LogP contribution in [0.4, 0.5) is 10.7 Å². The number of alkyl halides is 1. The molecule has 0 atom stereocenters. The molecule has 0 unspecified atom stereocenters. The van der Waals surface area contributed by atoms with Gasteiger partial charge >= 0.3 is 6.09 Å². The number of methoxy groups -OCH3 is 1. The van der Waals surface area contributed by atoms with Crippen LogP contribution in [0.1, 0.15) is 11.3 Å². The Morgan fingerprint density at radius 1 is 1.26 bits per heavy atom. The van der Waals surface area contributed by atoms with Crippen molar-refractivity contribution in [3.8, 4) is 11.6 Å². The zero-order chi connectivity index (χ0) is 19.1. The standard InChI is InChI=1S/C18H21BrN4O4/c1-25-15-4-2-13(3-5-15)12-20-18(24)27-16-10-14(11-19)21-17(22-16)23-6-8-26-9-7-23/h2-5,10H,6-9,11-12H2,1H3,(H,20,24).